The molecule has 178 valence electrons. The molecular weight excluding hydrogens is 426 g/mol. The van der Waals surface area contributed by atoms with Crippen LogP contribution < -0.4 is 0 Å². The molecule has 2 fully saturated rings. The van der Waals surface area contributed by atoms with Gasteiger partial charge >= 0.3 is 0 Å². The van der Waals surface area contributed by atoms with Gasteiger partial charge < -0.3 is 19.5 Å². The highest BCUT2D eigenvalue weighted by Crippen LogP contribution is 2.31. The number of nitrogens with zero attached hydrogens (tertiary/aromatic N) is 5. The Bertz CT molecular complexity index is 912. The zero-order valence-electron chi connectivity index (χ0n) is 18.8. The fourth-order valence-electron chi connectivity index (χ4n) is 4.23. The molecule has 10 nitrogen and oxygen atoms in total. The molecule has 2 aromatic rings. The van der Waals surface area contributed by atoms with Crippen molar-refractivity contribution in [3.63, 3.8) is 0 Å². The van der Waals surface area contributed by atoms with E-state index in [9.17, 15) is 0 Å². The molecule has 0 atom stereocenters. The van der Waals surface area contributed by atoms with E-state index in [4.69, 9.17) is 29.8 Å². The van der Waals surface area contributed by atoms with Gasteiger partial charge in [0.2, 0.25) is 0 Å². The Kier molecular flexibility index (Phi) is 10.5. The summed E-state index contributed by atoms with van der Waals surface area (Å²) in [5.74, 6) is 1.12. The molecule has 1 spiro atoms. The lowest BCUT2D eigenvalue weighted by Crippen LogP contribution is -2.56. The van der Waals surface area contributed by atoms with Crippen molar-refractivity contribution in [1.29, 1.82) is 5.26 Å². The summed E-state index contributed by atoms with van der Waals surface area (Å²) in [6.45, 7) is 6.10. The lowest BCUT2D eigenvalue weighted by atomic mass is 9.89. The SMILES string of the molecule is Cn1ccnc1CN1CCC2(CC1)CN(Cc1cccc(C#N)c1)CCO2.O=CO.O=CO. The summed E-state index contributed by atoms with van der Waals surface area (Å²) in [4.78, 5) is 26.1. The van der Waals surface area contributed by atoms with Crippen molar-refractivity contribution in [3.05, 3.63) is 53.6 Å². The highest BCUT2D eigenvalue weighted by atomic mass is 16.5. The van der Waals surface area contributed by atoms with Crippen LogP contribution in [0.25, 0.3) is 0 Å². The van der Waals surface area contributed by atoms with Crippen LogP contribution in [0.1, 0.15) is 29.8 Å². The highest BCUT2D eigenvalue weighted by Gasteiger charge is 2.39. The van der Waals surface area contributed by atoms with Crippen molar-refractivity contribution in [2.24, 2.45) is 7.05 Å². The van der Waals surface area contributed by atoms with Crippen LogP contribution in [0.3, 0.4) is 0 Å². The quantitative estimate of drug-likeness (QED) is 0.656. The van der Waals surface area contributed by atoms with Crippen molar-refractivity contribution in [2.45, 2.75) is 31.5 Å². The number of benzene rings is 1. The monoisotopic (exact) mass is 457 g/mol. The third-order valence-corrected chi connectivity index (χ3v) is 5.84. The zero-order valence-corrected chi connectivity index (χ0v) is 18.8. The molecule has 2 aliphatic heterocycles. The summed E-state index contributed by atoms with van der Waals surface area (Å²) in [5.41, 5.74) is 1.92. The van der Waals surface area contributed by atoms with Crippen molar-refractivity contribution in [2.75, 3.05) is 32.8 Å². The Morgan fingerprint density at radius 3 is 2.45 bits per heavy atom. The number of aryl methyl sites for hydroxylation is 1. The fourth-order valence-corrected chi connectivity index (χ4v) is 4.23. The van der Waals surface area contributed by atoms with E-state index in [0.717, 1.165) is 70.1 Å². The number of imidazole rings is 1. The lowest BCUT2D eigenvalue weighted by Gasteiger charge is -2.47. The average Bonchev–Trinajstić information content (AvgIpc) is 3.21. The molecule has 0 unspecified atom stereocenters. The second-order valence-corrected chi connectivity index (χ2v) is 8.00. The summed E-state index contributed by atoms with van der Waals surface area (Å²) >= 11 is 0. The smallest absolute Gasteiger partial charge is 0.290 e. The summed E-state index contributed by atoms with van der Waals surface area (Å²) in [6.07, 6.45) is 5.99. The van der Waals surface area contributed by atoms with Gasteiger partial charge in [-0.25, -0.2) is 4.98 Å². The van der Waals surface area contributed by atoms with Crippen molar-refractivity contribution < 1.29 is 24.5 Å². The molecule has 3 heterocycles. The maximum Gasteiger partial charge on any atom is 0.290 e. The number of carboxylic acid groups (broad SMARTS) is 2. The fraction of sp³-hybridized carbons (Fsp3) is 0.478. The van der Waals surface area contributed by atoms with Crippen LogP contribution in [-0.2, 0) is 34.5 Å². The number of carbonyl (C=O) groups is 2. The molecule has 0 aliphatic carbocycles. The number of morpholine rings is 1. The van der Waals surface area contributed by atoms with Gasteiger partial charge in [0.1, 0.15) is 5.82 Å². The Labute approximate surface area is 193 Å². The predicted molar refractivity (Wildman–Crippen MR) is 120 cm³/mol. The number of nitriles is 1. The summed E-state index contributed by atoms with van der Waals surface area (Å²) < 4.78 is 8.38. The minimum atomic E-state index is -0.250. The summed E-state index contributed by atoms with van der Waals surface area (Å²) in [7, 11) is 2.05. The largest absolute Gasteiger partial charge is 0.483 e. The average molecular weight is 458 g/mol. The van der Waals surface area contributed by atoms with Gasteiger partial charge in [-0.1, -0.05) is 12.1 Å². The first-order chi connectivity index (χ1) is 16.0. The van der Waals surface area contributed by atoms with Crippen LogP contribution in [0.5, 0.6) is 0 Å². The Morgan fingerprint density at radius 2 is 1.85 bits per heavy atom. The molecule has 2 N–H and O–H groups in total. The number of hydrogen-bond acceptors (Lipinski definition) is 7. The number of likely N-dealkylation sites (tertiary alicyclic amines) is 1. The summed E-state index contributed by atoms with van der Waals surface area (Å²) in [5, 5.41) is 22.9. The number of hydrogen-bond donors (Lipinski definition) is 2. The van der Waals surface area contributed by atoms with Crippen molar-refractivity contribution in [3.8, 4) is 6.07 Å². The maximum atomic E-state index is 9.11. The molecule has 0 radical (unpaired) electrons. The maximum absolute atomic E-state index is 9.11. The van der Waals surface area contributed by atoms with Crippen molar-refractivity contribution in [1.82, 2.24) is 19.4 Å². The third-order valence-electron chi connectivity index (χ3n) is 5.84. The van der Waals surface area contributed by atoms with Crippen LogP contribution in [0, 0.1) is 11.3 Å². The predicted octanol–water partition coefficient (Wildman–Crippen LogP) is 1.56. The van der Waals surface area contributed by atoms with Gasteiger partial charge in [-0.05, 0) is 30.5 Å². The van der Waals surface area contributed by atoms with Crippen LogP contribution in [-0.4, -0.2) is 80.9 Å². The minimum Gasteiger partial charge on any atom is -0.483 e. The highest BCUT2D eigenvalue weighted by molar-refractivity contribution is 5.33. The summed E-state index contributed by atoms with van der Waals surface area (Å²) in [6, 6.07) is 10.2. The van der Waals surface area contributed by atoms with Gasteiger partial charge in [-0.3, -0.25) is 19.4 Å². The van der Waals surface area contributed by atoms with Crippen molar-refractivity contribution >= 4 is 12.9 Å². The van der Waals surface area contributed by atoms with Gasteiger partial charge in [0.15, 0.2) is 0 Å². The molecule has 1 aromatic carbocycles. The Balaban J connectivity index is 0.000000582. The minimum absolute atomic E-state index is 0.0246. The molecule has 2 saturated heterocycles. The van der Waals surface area contributed by atoms with E-state index in [2.05, 4.69) is 38.5 Å². The van der Waals surface area contributed by atoms with Crippen LogP contribution >= 0.6 is 0 Å². The van der Waals surface area contributed by atoms with Gasteiger partial charge in [-0.15, -0.1) is 0 Å². The first kappa shape index (κ1) is 26.0. The van der Waals surface area contributed by atoms with Gasteiger partial charge in [-0.2, -0.15) is 5.26 Å². The second kappa shape index (κ2) is 13.3. The normalized spacial score (nSPS) is 17.6. The topological polar surface area (TPSA) is 132 Å². The zero-order chi connectivity index (χ0) is 24.1. The van der Waals surface area contributed by atoms with E-state index < -0.39 is 0 Å². The molecule has 2 aliphatic rings. The van der Waals surface area contributed by atoms with E-state index in [1.165, 1.54) is 5.56 Å². The standard InChI is InChI=1S/C21H27N5O.2CH2O2/c1-24-10-7-23-20(24)16-25-8-5-21(6-9-25)17-26(11-12-27-21)15-19-4-2-3-18(13-19)14-22;2*2-1-3/h2-4,7,10,13H,5-6,8-9,11-12,15-17H2,1H3;2*1H,(H,2,3). The first-order valence-electron chi connectivity index (χ1n) is 10.7. The molecular formula is C23H31N5O5. The third kappa shape index (κ3) is 7.98. The van der Waals surface area contributed by atoms with Gasteiger partial charge in [0, 0.05) is 52.2 Å². The molecule has 33 heavy (non-hydrogen) atoms. The van der Waals surface area contributed by atoms with Crippen LogP contribution in [0.2, 0.25) is 0 Å². The molecule has 10 heteroatoms. The molecule has 0 bridgehead atoms. The molecule has 4 rings (SSSR count). The Morgan fingerprint density at radius 1 is 1.15 bits per heavy atom. The van der Waals surface area contributed by atoms with E-state index >= 15 is 0 Å². The van der Waals surface area contributed by atoms with E-state index in [1.807, 2.05) is 30.6 Å². The molecule has 0 amide bonds. The van der Waals surface area contributed by atoms with E-state index in [1.54, 1.807) is 0 Å². The lowest BCUT2D eigenvalue weighted by molar-refractivity contribution is -0.138. The number of ether oxygens (including phenoxy) is 1. The van der Waals surface area contributed by atoms with Crippen LogP contribution in [0.15, 0.2) is 36.7 Å². The number of rotatable bonds is 4. The van der Waals surface area contributed by atoms with E-state index in [0.29, 0.717) is 0 Å². The van der Waals surface area contributed by atoms with Gasteiger partial charge in [0.25, 0.3) is 12.9 Å². The number of aromatic nitrogens is 2. The van der Waals surface area contributed by atoms with Crippen LogP contribution in [0.4, 0.5) is 0 Å². The second-order valence-electron chi connectivity index (χ2n) is 8.00. The molecule has 1 aromatic heterocycles. The Hall–Kier alpha value is -3.26. The van der Waals surface area contributed by atoms with E-state index in [-0.39, 0.29) is 18.5 Å². The number of piperidine rings is 1. The molecule has 0 saturated carbocycles. The first-order valence-corrected chi connectivity index (χ1v) is 10.7. The van der Waals surface area contributed by atoms with Gasteiger partial charge in [0.05, 0.1) is 30.4 Å².